The zero-order chi connectivity index (χ0) is 15.6. The molecule has 110 valence electrons. The molecule has 1 aromatic heterocycles. The van der Waals surface area contributed by atoms with E-state index in [1.165, 1.54) is 18.5 Å². The van der Waals surface area contributed by atoms with Crippen LogP contribution < -0.4 is 4.74 Å². The van der Waals surface area contributed by atoms with E-state index in [4.69, 9.17) is 21.4 Å². The lowest BCUT2D eigenvalue weighted by Gasteiger charge is -2.14. The Balaban J connectivity index is 2.37. The Labute approximate surface area is 128 Å². The van der Waals surface area contributed by atoms with Gasteiger partial charge in [-0.25, -0.2) is 4.79 Å². The summed E-state index contributed by atoms with van der Waals surface area (Å²) >= 11 is 6.22. The molecular formula is C16H16ClNO3. The first-order chi connectivity index (χ1) is 9.88. The first kappa shape index (κ1) is 15.3. The molecule has 0 fully saturated rings. The number of aryl methyl sites for hydroxylation is 1. The van der Waals surface area contributed by atoms with E-state index in [1.54, 1.807) is 0 Å². The van der Waals surface area contributed by atoms with E-state index in [-0.39, 0.29) is 11.5 Å². The maximum absolute atomic E-state index is 10.9. The number of nitrogens with zero attached hydrogens (tertiary/aromatic N) is 1. The molecule has 0 aliphatic rings. The number of aromatic carboxylic acids is 1. The number of rotatable bonds is 4. The highest BCUT2D eigenvalue weighted by Crippen LogP contribution is 2.33. The van der Waals surface area contributed by atoms with Gasteiger partial charge in [0.15, 0.2) is 0 Å². The third kappa shape index (κ3) is 3.52. The highest BCUT2D eigenvalue weighted by atomic mass is 35.5. The number of hydrogen-bond donors (Lipinski definition) is 1. The largest absolute Gasteiger partial charge is 0.478 e. The molecule has 0 radical (unpaired) electrons. The van der Waals surface area contributed by atoms with Crippen LogP contribution >= 0.6 is 11.6 Å². The van der Waals surface area contributed by atoms with Crippen molar-refractivity contribution in [3.8, 4) is 11.5 Å². The molecule has 2 rings (SSSR count). The Hall–Kier alpha value is -2.07. The Morgan fingerprint density at radius 2 is 2.00 bits per heavy atom. The summed E-state index contributed by atoms with van der Waals surface area (Å²) in [7, 11) is 0. The molecule has 0 aliphatic carbocycles. The van der Waals surface area contributed by atoms with Gasteiger partial charge in [-0.2, -0.15) is 0 Å². The molecule has 0 spiro atoms. The second-order valence-corrected chi connectivity index (χ2v) is 5.52. The third-order valence-corrected chi connectivity index (χ3v) is 3.43. The van der Waals surface area contributed by atoms with Gasteiger partial charge in [-0.1, -0.05) is 25.4 Å². The predicted molar refractivity (Wildman–Crippen MR) is 81.5 cm³/mol. The smallest absolute Gasteiger partial charge is 0.337 e. The van der Waals surface area contributed by atoms with Crippen LogP contribution in [0, 0.1) is 6.92 Å². The molecule has 0 atom stereocenters. The fraction of sp³-hybridized carbons (Fsp3) is 0.250. The van der Waals surface area contributed by atoms with Gasteiger partial charge >= 0.3 is 5.97 Å². The first-order valence-electron chi connectivity index (χ1n) is 6.54. The summed E-state index contributed by atoms with van der Waals surface area (Å²) in [6, 6.07) is 5.18. The molecule has 21 heavy (non-hydrogen) atoms. The average molecular weight is 306 g/mol. The van der Waals surface area contributed by atoms with Gasteiger partial charge in [-0.05, 0) is 42.2 Å². The molecule has 1 aromatic carbocycles. The number of carbonyl (C=O) groups is 1. The van der Waals surface area contributed by atoms with Gasteiger partial charge in [0, 0.05) is 11.2 Å². The van der Waals surface area contributed by atoms with Crippen molar-refractivity contribution in [2.24, 2.45) is 0 Å². The quantitative estimate of drug-likeness (QED) is 0.892. The second-order valence-electron chi connectivity index (χ2n) is 5.11. The fourth-order valence-electron chi connectivity index (χ4n) is 1.94. The summed E-state index contributed by atoms with van der Waals surface area (Å²) in [5, 5.41) is 9.67. The van der Waals surface area contributed by atoms with Crippen molar-refractivity contribution in [1.29, 1.82) is 0 Å². The number of ether oxygens (including phenoxy) is 1. The Kier molecular flexibility index (Phi) is 4.48. The van der Waals surface area contributed by atoms with Gasteiger partial charge in [0.05, 0.1) is 11.8 Å². The van der Waals surface area contributed by atoms with E-state index >= 15 is 0 Å². The van der Waals surface area contributed by atoms with Gasteiger partial charge in [-0.15, -0.1) is 0 Å². The molecule has 0 aliphatic heterocycles. The topological polar surface area (TPSA) is 59.4 Å². The summed E-state index contributed by atoms with van der Waals surface area (Å²) in [5.41, 5.74) is 1.95. The Morgan fingerprint density at radius 3 is 2.62 bits per heavy atom. The van der Waals surface area contributed by atoms with Crippen LogP contribution in [0.25, 0.3) is 0 Å². The molecule has 0 saturated carbocycles. The number of aromatic nitrogens is 1. The van der Waals surface area contributed by atoms with Crippen molar-refractivity contribution < 1.29 is 14.6 Å². The highest BCUT2D eigenvalue weighted by molar-refractivity contribution is 6.31. The Morgan fingerprint density at radius 1 is 1.29 bits per heavy atom. The maximum atomic E-state index is 10.9. The van der Waals surface area contributed by atoms with Crippen molar-refractivity contribution >= 4 is 17.6 Å². The van der Waals surface area contributed by atoms with E-state index in [0.29, 0.717) is 16.5 Å². The summed E-state index contributed by atoms with van der Waals surface area (Å²) in [4.78, 5) is 14.8. The standard InChI is InChI=1S/C16H16ClNO3/c1-9(2)13-6-15(10(3)4-14(13)17)21-12-5-11(16(19)20)7-18-8-12/h4-9H,1-3H3,(H,19,20). The van der Waals surface area contributed by atoms with Gasteiger partial charge in [-0.3, -0.25) is 4.98 Å². The van der Waals surface area contributed by atoms with Gasteiger partial charge in [0.1, 0.15) is 11.5 Å². The van der Waals surface area contributed by atoms with Crippen molar-refractivity contribution in [3.05, 3.63) is 52.3 Å². The second kappa shape index (κ2) is 6.14. The average Bonchev–Trinajstić information content (AvgIpc) is 2.41. The highest BCUT2D eigenvalue weighted by Gasteiger charge is 2.12. The van der Waals surface area contributed by atoms with Crippen LogP contribution in [0.1, 0.15) is 41.3 Å². The number of benzene rings is 1. The number of carboxylic acids is 1. The number of pyridine rings is 1. The summed E-state index contributed by atoms with van der Waals surface area (Å²) in [5.74, 6) is 0.259. The lowest BCUT2D eigenvalue weighted by molar-refractivity contribution is 0.0696. The molecule has 1 heterocycles. The van der Waals surface area contributed by atoms with Crippen LogP contribution in [0.15, 0.2) is 30.6 Å². The molecule has 5 heteroatoms. The van der Waals surface area contributed by atoms with Crippen LogP contribution in [0.3, 0.4) is 0 Å². The minimum Gasteiger partial charge on any atom is -0.478 e. The van der Waals surface area contributed by atoms with Crippen LogP contribution in [0.5, 0.6) is 11.5 Å². The van der Waals surface area contributed by atoms with E-state index in [0.717, 1.165) is 11.1 Å². The minimum absolute atomic E-state index is 0.0863. The van der Waals surface area contributed by atoms with Gasteiger partial charge < -0.3 is 9.84 Å². The monoisotopic (exact) mass is 305 g/mol. The zero-order valence-corrected chi connectivity index (χ0v) is 12.8. The van der Waals surface area contributed by atoms with Crippen LogP contribution in [-0.4, -0.2) is 16.1 Å². The SMILES string of the molecule is Cc1cc(Cl)c(C(C)C)cc1Oc1cncc(C(=O)O)c1. The van der Waals surface area contributed by atoms with Crippen molar-refractivity contribution in [2.75, 3.05) is 0 Å². The van der Waals surface area contributed by atoms with E-state index in [9.17, 15) is 4.79 Å². The molecule has 2 aromatic rings. The van der Waals surface area contributed by atoms with E-state index < -0.39 is 5.97 Å². The van der Waals surface area contributed by atoms with E-state index in [1.807, 2.05) is 32.9 Å². The molecular weight excluding hydrogens is 290 g/mol. The number of carboxylic acid groups (broad SMARTS) is 1. The fourth-order valence-corrected chi connectivity index (χ4v) is 2.38. The van der Waals surface area contributed by atoms with Crippen LogP contribution in [0.2, 0.25) is 5.02 Å². The first-order valence-corrected chi connectivity index (χ1v) is 6.92. The van der Waals surface area contributed by atoms with Gasteiger partial charge in [0.2, 0.25) is 0 Å². The Bertz CT molecular complexity index is 683. The summed E-state index contributed by atoms with van der Waals surface area (Å²) < 4.78 is 5.76. The van der Waals surface area contributed by atoms with Crippen molar-refractivity contribution in [3.63, 3.8) is 0 Å². The molecule has 0 saturated heterocycles. The minimum atomic E-state index is -1.04. The molecule has 0 amide bonds. The number of hydrogen-bond acceptors (Lipinski definition) is 3. The normalized spacial score (nSPS) is 10.7. The molecule has 0 unspecified atom stereocenters. The third-order valence-electron chi connectivity index (χ3n) is 3.10. The molecule has 0 bridgehead atoms. The molecule has 4 nitrogen and oxygen atoms in total. The number of halogens is 1. The summed E-state index contributed by atoms with van der Waals surface area (Å²) in [6.07, 6.45) is 2.76. The van der Waals surface area contributed by atoms with Gasteiger partial charge in [0.25, 0.3) is 0 Å². The summed E-state index contributed by atoms with van der Waals surface area (Å²) in [6.45, 7) is 5.99. The lowest BCUT2D eigenvalue weighted by Crippen LogP contribution is -1.98. The van der Waals surface area contributed by atoms with Crippen molar-refractivity contribution in [1.82, 2.24) is 4.98 Å². The van der Waals surface area contributed by atoms with Crippen molar-refractivity contribution in [2.45, 2.75) is 26.7 Å². The zero-order valence-electron chi connectivity index (χ0n) is 12.1. The van der Waals surface area contributed by atoms with Crippen LogP contribution in [-0.2, 0) is 0 Å². The maximum Gasteiger partial charge on any atom is 0.337 e. The van der Waals surface area contributed by atoms with Crippen LogP contribution in [0.4, 0.5) is 0 Å². The predicted octanol–water partition coefficient (Wildman–Crippen LogP) is 4.66. The molecule has 1 N–H and O–H groups in total. The van der Waals surface area contributed by atoms with E-state index in [2.05, 4.69) is 4.98 Å². The lowest BCUT2D eigenvalue weighted by atomic mass is 10.0.